The summed E-state index contributed by atoms with van der Waals surface area (Å²) in [5, 5.41) is 2.87. The minimum absolute atomic E-state index is 0.0901. The minimum Gasteiger partial charge on any atom is -0.493 e. The first-order valence-electron chi connectivity index (χ1n) is 9.67. The molecule has 0 saturated heterocycles. The van der Waals surface area contributed by atoms with Gasteiger partial charge in [-0.25, -0.2) is 0 Å². The Hall–Kier alpha value is -4.00. The standard InChI is InChI=1S/C24H22N2O5/c1-29-20-12-17(13-21(30-2)23(20)31-3)24(28)26-14-22(27)25-18-11-16(9-10-19(18)26)15-7-5-4-6-8-15/h4-13H,14H2,1-3H3,(H,25,27). The SMILES string of the molecule is COc1cc(C(=O)N2CC(=O)Nc3cc(-c4ccccc4)ccc32)cc(OC)c1OC. The van der Waals surface area contributed by atoms with Gasteiger partial charge in [-0.15, -0.1) is 0 Å². The molecule has 3 aromatic rings. The van der Waals surface area contributed by atoms with Gasteiger partial charge in [0.05, 0.1) is 32.7 Å². The van der Waals surface area contributed by atoms with Crippen LogP contribution in [0.15, 0.2) is 60.7 Å². The molecule has 1 N–H and O–H groups in total. The van der Waals surface area contributed by atoms with Gasteiger partial charge in [0, 0.05) is 5.56 Å². The maximum atomic E-state index is 13.4. The Morgan fingerprint density at radius 2 is 1.55 bits per heavy atom. The number of methoxy groups -OCH3 is 3. The fraction of sp³-hybridized carbons (Fsp3) is 0.167. The van der Waals surface area contributed by atoms with Crippen molar-refractivity contribution < 1.29 is 23.8 Å². The van der Waals surface area contributed by atoms with Crippen molar-refractivity contribution >= 4 is 23.2 Å². The van der Waals surface area contributed by atoms with Crippen molar-refractivity contribution in [3.8, 4) is 28.4 Å². The Labute approximate surface area is 180 Å². The summed E-state index contributed by atoms with van der Waals surface area (Å²) in [6.07, 6.45) is 0. The van der Waals surface area contributed by atoms with E-state index in [0.29, 0.717) is 34.2 Å². The predicted molar refractivity (Wildman–Crippen MR) is 118 cm³/mol. The third kappa shape index (κ3) is 3.77. The number of anilines is 2. The number of amides is 2. The summed E-state index contributed by atoms with van der Waals surface area (Å²) in [6.45, 7) is -0.0901. The van der Waals surface area contributed by atoms with E-state index in [-0.39, 0.29) is 18.4 Å². The van der Waals surface area contributed by atoms with Gasteiger partial charge >= 0.3 is 0 Å². The number of hydrogen-bond donors (Lipinski definition) is 1. The van der Waals surface area contributed by atoms with E-state index in [0.717, 1.165) is 11.1 Å². The highest BCUT2D eigenvalue weighted by atomic mass is 16.5. The molecule has 3 aromatic carbocycles. The van der Waals surface area contributed by atoms with E-state index in [9.17, 15) is 9.59 Å². The molecule has 31 heavy (non-hydrogen) atoms. The van der Waals surface area contributed by atoms with Crippen molar-refractivity contribution in [3.05, 3.63) is 66.2 Å². The van der Waals surface area contributed by atoms with Crippen LogP contribution in [0.4, 0.5) is 11.4 Å². The van der Waals surface area contributed by atoms with Crippen LogP contribution >= 0.6 is 0 Å². The topological polar surface area (TPSA) is 77.1 Å². The molecule has 7 nitrogen and oxygen atoms in total. The highest BCUT2D eigenvalue weighted by molar-refractivity contribution is 6.15. The average Bonchev–Trinajstić information content (AvgIpc) is 2.82. The van der Waals surface area contributed by atoms with Crippen LogP contribution in [0.2, 0.25) is 0 Å². The second-order valence-corrected chi connectivity index (χ2v) is 6.95. The lowest BCUT2D eigenvalue weighted by molar-refractivity contribution is -0.115. The Bertz CT molecular complexity index is 1120. The quantitative estimate of drug-likeness (QED) is 0.678. The smallest absolute Gasteiger partial charge is 0.259 e. The zero-order valence-electron chi connectivity index (χ0n) is 17.5. The van der Waals surface area contributed by atoms with Crippen LogP contribution in [0.3, 0.4) is 0 Å². The molecule has 0 bridgehead atoms. The molecule has 1 aliphatic rings. The van der Waals surface area contributed by atoms with Gasteiger partial charge in [-0.1, -0.05) is 36.4 Å². The van der Waals surface area contributed by atoms with Crippen molar-refractivity contribution in [1.82, 2.24) is 0 Å². The zero-order valence-corrected chi connectivity index (χ0v) is 17.5. The summed E-state index contributed by atoms with van der Waals surface area (Å²) >= 11 is 0. The van der Waals surface area contributed by atoms with Gasteiger partial charge < -0.3 is 19.5 Å². The summed E-state index contributed by atoms with van der Waals surface area (Å²) in [6, 6.07) is 18.6. The molecular formula is C24H22N2O5. The van der Waals surface area contributed by atoms with Crippen molar-refractivity contribution in [2.75, 3.05) is 38.1 Å². The number of hydrogen-bond acceptors (Lipinski definition) is 5. The van der Waals surface area contributed by atoms with Crippen molar-refractivity contribution in [2.24, 2.45) is 0 Å². The minimum atomic E-state index is -0.345. The Balaban J connectivity index is 1.75. The summed E-state index contributed by atoms with van der Waals surface area (Å²) in [5.41, 5.74) is 3.49. The van der Waals surface area contributed by atoms with Crippen LogP contribution in [-0.2, 0) is 4.79 Å². The monoisotopic (exact) mass is 418 g/mol. The highest BCUT2D eigenvalue weighted by Crippen LogP contribution is 2.40. The molecule has 0 aliphatic carbocycles. The molecule has 0 spiro atoms. The lowest BCUT2D eigenvalue weighted by Crippen LogP contribution is -2.42. The van der Waals surface area contributed by atoms with E-state index in [1.807, 2.05) is 48.5 Å². The summed E-state index contributed by atoms with van der Waals surface area (Å²) in [7, 11) is 4.47. The van der Waals surface area contributed by atoms with Crippen LogP contribution < -0.4 is 24.4 Å². The predicted octanol–water partition coefficient (Wildman–Crippen LogP) is 3.98. The van der Waals surface area contributed by atoms with Crippen molar-refractivity contribution in [3.63, 3.8) is 0 Å². The maximum absolute atomic E-state index is 13.4. The normalized spacial score (nSPS) is 12.6. The number of rotatable bonds is 5. The van der Waals surface area contributed by atoms with E-state index in [1.54, 1.807) is 12.1 Å². The van der Waals surface area contributed by atoms with Crippen LogP contribution in [0.1, 0.15) is 10.4 Å². The Kier molecular flexibility index (Phi) is 5.49. The molecule has 4 rings (SSSR count). The van der Waals surface area contributed by atoms with Gasteiger partial charge in [0.2, 0.25) is 11.7 Å². The molecule has 0 fully saturated rings. The third-order valence-electron chi connectivity index (χ3n) is 5.13. The zero-order chi connectivity index (χ0) is 22.0. The van der Waals surface area contributed by atoms with Crippen molar-refractivity contribution in [2.45, 2.75) is 0 Å². The van der Waals surface area contributed by atoms with Gasteiger partial charge in [-0.05, 0) is 35.4 Å². The van der Waals surface area contributed by atoms with Gasteiger partial charge in [0.1, 0.15) is 6.54 Å². The number of fused-ring (bicyclic) bond motifs is 1. The van der Waals surface area contributed by atoms with Gasteiger partial charge in [-0.2, -0.15) is 0 Å². The highest BCUT2D eigenvalue weighted by Gasteiger charge is 2.29. The van der Waals surface area contributed by atoms with E-state index in [4.69, 9.17) is 14.2 Å². The lowest BCUT2D eigenvalue weighted by Gasteiger charge is -2.30. The van der Waals surface area contributed by atoms with Crippen LogP contribution in [0.25, 0.3) is 11.1 Å². The number of nitrogens with one attached hydrogen (secondary N) is 1. The summed E-state index contributed by atoms with van der Waals surface area (Å²) in [4.78, 5) is 27.2. The molecule has 7 heteroatoms. The van der Waals surface area contributed by atoms with Crippen LogP contribution in [0.5, 0.6) is 17.2 Å². The largest absolute Gasteiger partial charge is 0.493 e. The second kappa shape index (κ2) is 8.39. The second-order valence-electron chi connectivity index (χ2n) is 6.95. The molecular weight excluding hydrogens is 396 g/mol. The summed E-state index contributed by atoms with van der Waals surface area (Å²) in [5.74, 6) is 0.518. The van der Waals surface area contributed by atoms with Crippen molar-refractivity contribution in [1.29, 1.82) is 0 Å². The molecule has 158 valence electrons. The fourth-order valence-corrected chi connectivity index (χ4v) is 3.64. The van der Waals surface area contributed by atoms with Crippen LogP contribution in [0, 0.1) is 0 Å². The third-order valence-corrected chi connectivity index (χ3v) is 5.13. The molecule has 0 aromatic heterocycles. The Morgan fingerprint density at radius 1 is 0.871 bits per heavy atom. The van der Waals surface area contributed by atoms with Gasteiger partial charge in [-0.3, -0.25) is 14.5 Å². The number of carbonyl (C=O) groups excluding carboxylic acids is 2. The molecule has 0 radical (unpaired) electrons. The Morgan fingerprint density at radius 3 is 2.16 bits per heavy atom. The number of benzene rings is 3. The number of carbonyl (C=O) groups is 2. The molecule has 0 saturated carbocycles. The average molecular weight is 418 g/mol. The molecule has 0 atom stereocenters. The lowest BCUT2D eigenvalue weighted by atomic mass is 10.0. The summed E-state index contributed by atoms with van der Waals surface area (Å²) < 4.78 is 16.0. The molecule has 0 unspecified atom stereocenters. The van der Waals surface area contributed by atoms with E-state index in [1.165, 1.54) is 26.2 Å². The molecule has 1 aliphatic heterocycles. The first kappa shape index (κ1) is 20.3. The van der Waals surface area contributed by atoms with Gasteiger partial charge in [0.15, 0.2) is 11.5 Å². The number of ether oxygens (including phenoxy) is 3. The number of nitrogens with zero attached hydrogens (tertiary/aromatic N) is 1. The van der Waals surface area contributed by atoms with E-state index in [2.05, 4.69) is 5.32 Å². The maximum Gasteiger partial charge on any atom is 0.259 e. The van der Waals surface area contributed by atoms with E-state index < -0.39 is 0 Å². The first-order valence-corrected chi connectivity index (χ1v) is 9.67. The van der Waals surface area contributed by atoms with Crippen LogP contribution in [-0.4, -0.2) is 39.7 Å². The fourth-order valence-electron chi connectivity index (χ4n) is 3.64. The molecule has 2 amide bonds. The van der Waals surface area contributed by atoms with E-state index >= 15 is 0 Å². The first-order chi connectivity index (χ1) is 15.0. The van der Waals surface area contributed by atoms with Gasteiger partial charge in [0.25, 0.3) is 5.91 Å². The molecule has 1 heterocycles.